The third-order valence-electron chi connectivity index (χ3n) is 4.28. The van der Waals surface area contributed by atoms with E-state index in [4.69, 9.17) is 0 Å². The lowest BCUT2D eigenvalue weighted by molar-refractivity contribution is 0.179. The van der Waals surface area contributed by atoms with E-state index in [0.29, 0.717) is 11.5 Å². The minimum absolute atomic E-state index is 0.368. The molecule has 2 nitrogen and oxygen atoms in total. The molecule has 1 unspecified atom stereocenters. The Morgan fingerprint density at radius 1 is 1.28 bits per heavy atom. The summed E-state index contributed by atoms with van der Waals surface area (Å²) >= 11 is 0. The minimum Gasteiger partial charge on any atom is -0.313 e. The summed E-state index contributed by atoms with van der Waals surface area (Å²) in [5, 5.41) is 3.72. The Balaban J connectivity index is 2.26. The van der Waals surface area contributed by atoms with Gasteiger partial charge >= 0.3 is 0 Å². The monoisotopic (exact) mass is 254 g/mol. The van der Waals surface area contributed by atoms with Crippen LogP contribution in [0.1, 0.15) is 59.8 Å². The molecule has 0 heterocycles. The molecule has 1 rings (SSSR count). The zero-order valence-electron chi connectivity index (χ0n) is 13.3. The van der Waals surface area contributed by atoms with E-state index in [2.05, 4.69) is 45.0 Å². The van der Waals surface area contributed by atoms with E-state index in [-0.39, 0.29) is 0 Å². The van der Waals surface area contributed by atoms with Gasteiger partial charge < -0.3 is 10.2 Å². The standard InChI is InChI=1S/C16H34N2/c1-6-11-17-15(16(2,3)4)10-12-18(5)13-14-8-7-9-14/h14-15,17H,6-13H2,1-5H3. The van der Waals surface area contributed by atoms with E-state index in [1.165, 1.54) is 45.2 Å². The largest absolute Gasteiger partial charge is 0.313 e. The van der Waals surface area contributed by atoms with Crippen molar-refractivity contribution in [3.8, 4) is 0 Å². The first-order valence-corrected chi connectivity index (χ1v) is 7.85. The predicted octanol–water partition coefficient (Wildman–Crippen LogP) is 3.52. The predicted molar refractivity (Wildman–Crippen MR) is 81.0 cm³/mol. The first kappa shape index (κ1) is 16.0. The van der Waals surface area contributed by atoms with Gasteiger partial charge in [0.05, 0.1) is 0 Å². The SMILES string of the molecule is CCCNC(CCN(C)CC1CCC1)C(C)(C)C. The molecule has 0 amide bonds. The summed E-state index contributed by atoms with van der Waals surface area (Å²) in [6, 6.07) is 0.640. The van der Waals surface area contributed by atoms with Gasteiger partial charge in [-0.25, -0.2) is 0 Å². The Morgan fingerprint density at radius 2 is 1.94 bits per heavy atom. The van der Waals surface area contributed by atoms with Gasteiger partial charge in [0.1, 0.15) is 0 Å². The van der Waals surface area contributed by atoms with Crippen LogP contribution in [0.15, 0.2) is 0 Å². The van der Waals surface area contributed by atoms with Gasteiger partial charge in [-0.05, 0) is 57.2 Å². The molecular weight excluding hydrogens is 220 g/mol. The second-order valence-corrected chi connectivity index (χ2v) is 7.22. The summed E-state index contributed by atoms with van der Waals surface area (Å²) in [4.78, 5) is 2.54. The molecule has 1 N–H and O–H groups in total. The van der Waals surface area contributed by atoms with Gasteiger partial charge in [0.15, 0.2) is 0 Å². The lowest BCUT2D eigenvalue weighted by Gasteiger charge is -2.35. The van der Waals surface area contributed by atoms with Crippen LogP contribution < -0.4 is 5.32 Å². The molecule has 1 saturated carbocycles. The van der Waals surface area contributed by atoms with Gasteiger partial charge in [-0.1, -0.05) is 34.1 Å². The molecule has 1 aliphatic carbocycles. The van der Waals surface area contributed by atoms with E-state index in [1.807, 2.05) is 0 Å². The Morgan fingerprint density at radius 3 is 2.39 bits per heavy atom. The second kappa shape index (κ2) is 7.49. The maximum atomic E-state index is 3.72. The molecule has 1 atom stereocenters. The number of nitrogens with zero attached hydrogens (tertiary/aromatic N) is 1. The molecule has 0 bridgehead atoms. The van der Waals surface area contributed by atoms with E-state index < -0.39 is 0 Å². The topological polar surface area (TPSA) is 15.3 Å². The molecule has 0 spiro atoms. The highest BCUT2D eigenvalue weighted by atomic mass is 15.1. The van der Waals surface area contributed by atoms with Gasteiger partial charge in [-0.3, -0.25) is 0 Å². The Bertz CT molecular complexity index is 216. The molecule has 0 radical (unpaired) electrons. The van der Waals surface area contributed by atoms with Crippen LogP contribution in [-0.4, -0.2) is 37.6 Å². The van der Waals surface area contributed by atoms with Crippen molar-refractivity contribution >= 4 is 0 Å². The maximum Gasteiger partial charge on any atom is 0.0128 e. The van der Waals surface area contributed by atoms with Crippen molar-refractivity contribution in [1.29, 1.82) is 0 Å². The number of hydrogen-bond donors (Lipinski definition) is 1. The van der Waals surface area contributed by atoms with Crippen molar-refractivity contribution in [2.24, 2.45) is 11.3 Å². The lowest BCUT2D eigenvalue weighted by Crippen LogP contribution is -2.43. The summed E-state index contributed by atoms with van der Waals surface area (Å²) in [7, 11) is 2.29. The fourth-order valence-electron chi connectivity index (χ4n) is 2.72. The minimum atomic E-state index is 0.368. The van der Waals surface area contributed by atoms with Crippen molar-refractivity contribution in [3.05, 3.63) is 0 Å². The highest BCUT2D eigenvalue weighted by molar-refractivity contribution is 4.82. The Hall–Kier alpha value is -0.0800. The summed E-state index contributed by atoms with van der Waals surface area (Å²) in [5.74, 6) is 0.992. The average Bonchev–Trinajstić information content (AvgIpc) is 2.21. The normalized spacial score (nSPS) is 19.0. The summed E-state index contributed by atoms with van der Waals surface area (Å²) in [6.45, 7) is 13.0. The van der Waals surface area contributed by atoms with Crippen molar-refractivity contribution in [2.75, 3.05) is 26.7 Å². The van der Waals surface area contributed by atoms with Crippen LogP contribution in [0.2, 0.25) is 0 Å². The van der Waals surface area contributed by atoms with E-state index in [0.717, 1.165) is 12.5 Å². The van der Waals surface area contributed by atoms with Crippen LogP contribution in [0.5, 0.6) is 0 Å². The van der Waals surface area contributed by atoms with E-state index >= 15 is 0 Å². The van der Waals surface area contributed by atoms with Crippen molar-refractivity contribution in [1.82, 2.24) is 10.2 Å². The van der Waals surface area contributed by atoms with Gasteiger partial charge in [-0.2, -0.15) is 0 Å². The molecular formula is C16H34N2. The third kappa shape index (κ3) is 5.71. The van der Waals surface area contributed by atoms with Crippen LogP contribution in [0.3, 0.4) is 0 Å². The molecule has 2 heteroatoms. The zero-order chi connectivity index (χ0) is 13.6. The third-order valence-corrected chi connectivity index (χ3v) is 4.28. The first-order valence-electron chi connectivity index (χ1n) is 7.85. The Labute approximate surface area is 115 Å². The number of nitrogens with one attached hydrogen (secondary N) is 1. The van der Waals surface area contributed by atoms with Crippen LogP contribution in [-0.2, 0) is 0 Å². The smallest absolute Gasteiger partial charge is 0.0128 e. The number of rotatable bonds is 8. The fourth-order valence-corrected chi connectivity index (χ4v) is 2.72. The summed E-state index contributed by atoms with van der Waals surface area (Å²) in [6.07, 6.45) is 6.88. The maximum absolute atomic E-state index is 3.72. The van der Waals surface area contributed by atoms with Crippen molar-refractivity contribution in [2.45, 2.75) is 65.8 Å². The fraction of sp³-hybridized carbons (Fsp3) is 1.00. The molecule has 0 saturated heterocycles. The lowest BCUT2D eigenvalue weighted by atomic mass is 9.83. The molecule has 18 heavy (non-hydrogen) atoms. The summed E-state index contributed by atoms with van der Waals surface area (Å²) in [5.41, 5.74) is 0.368. The molecule has 0 aromatic heterocycles. The number of hydrogen-bond acceptors (Lipinski definition) is 2. The van der Waals surface area contributed by atoms with Crippen LogP contribution in [0.4, 0.5) is 0 Å². The molecule has 0 aromatic rings. The van der Waals surface area contributed by atoms with E-state index in [1.54, 1.807) is 0 Å². The molecule has 1 aliphatic rings. The molecule has 1 fully saturated rings. The summed E-state index contributed by atoms with van der Waals surface area (Å²) < 4.78 is 0. The molecule has 108 valence electrons. The van der Waals surface area contributed by atoms with Gasteiger partial charge in [-0.15, -0.1) is 0 Å². The Kier molecular flexibility index (Phi) is 6.65. The zero-order valence-corrected chi connectivity index (χ0v) is 13.3. The van der Waals surface area contributed by atoms with Crippen molar-refractivity contribution < 1.29 is 0 Å². The van der Waals surface area contributed by atoms with Gasteiger partial charge in [0.25, 0.3) is 0 Å². The highest BCUT2D eigenvalue weighted by Gasteiger charge is 2.25. The van der Waals surface area contributed by atoms with Gasteiger partial charge in [0.2, 0.25) is 0 Å². The van der Waals surface area contributed by atoms with Crippen LogP contribution >= 0.6 is 0 Å². The van der Waals surface area contributed by atoms with Crippen LogP contribution in [0.25, 0.3) is 0 Å². The molecule has 0 aromatic carbocycles. The highest BCUT2D eigenvalue weighted by Crippen LogP contribution is 2.27. The van der Waals surface area contributed by atoms with Gasteiger partial charge in [0, 0.05) is 12.6 Å². The van der Waals surface area contributed by atoms with Crippen LogP contribution in [0, 0.1) is 11.3 Å². The van der Waals surface area contributed by atoms with E-state index in [9.17, 15) is 0 Å². The average molecular weight is 254 g/mol. The van der Waals surface area contributed by atoms with Crippen molar-refractivity contribution in [3.63, 3.8) is 0 Å². The second-order valence-electron chi connectivity index (χ2n) is 7.22. The molecule has 0 aliphatic heterocycles. The first-order chi connectivity index (χ1) is 8.43. The quantitative estimate of drug-likeness (QED) is 0.713.